The molecule has 0 aliphatic rings. The van der Waals surface area contributed by atoms with Crippen molar-refractivity contribution in [2.45, 2.75) is 6.92 Å². The van der Waals surface area contributed by atoms with E-state index < -0.39 is 5.91 Å². The highest BCUT2D eigenvalue weighted by atomic mass is 19.1. The maximum absolute atomic E-state index is 12.8. The molecule has 0 fully saturated rings. The third kappa shape index (κ3) is 4.32. The molecule has 2 rings (SSSR count). The lowest BCUT2D eigenvalue weighted by atomic mass is 10.2. The summed E-state index contributed by atoms with van der Waals surface area (Å²) in [4.78, 5) is 12.1. The summed E-state index contributed by atoms with van der Waals surface area (Å²) in [5.74, 6) is -0.869. The van der Waals surface area contributed by atoms with Crippen LogP contribution in [0.2, 0.25) is 0 Å². The standard InChI is InChI=1S/C17H14FN3O2/c1-11-8-15(22)6-7-16(11)21-17(23)12(9-19)10-20-14-4-2-13(18)3-5-14/h2-8,10,20,22H,1H3,(H,21,23)/b12-10-. The maximum atomic E-state index is 12.8. The van der Waals surface area contributed by atoms with Crippen LogP contribution in [0.1, 0.15) is 5.56 Å². The number of amides is 1. The molecule has 2 aromatic carbocycles. The molecule has 0 heterocycles. The summed E-state index contributed by atoms with van der Waals surface area (Å²) < 4.78 is 12.8. The van der Waals surface area contributed by atoms with Crippen LogP contribution in [0.25, 0.3) is 0 Å². The average Bonchev–Trinajstić information content (AvgIpc) is 2.52. The fourth-order valence-electron chi connectivity index (χ4n) is 1.83. The maximum Gasteiger partial charge on any atom is 0.267 e. The predicted octanol–water partition coefficient (Wildman–Crippen LogP) is 3.30. The summed E-state index contributed by atoms with van der Waals surface area (Å²) >= 11 is 0. The molecule has 0 saturated heterocycles. The number of hydrogen-bond acceptors (Lipinski definition) is 4. The molecule has 3 N–H and O–H groups in total. The Labute approximate surface area is 132 Å². The van der Waals surface area contributed by atoms with E-state index in [0.717, 1.165) is 0 Å². The number of hydrogen-bond donors (Lipinski definition) is 3. The van der Waals surface area contributed by atoms with Crippen molar-refractivity contribution < 1.29 is 14.3 Å². The fraction of sp³-hybridized carbons (Fsp3) is 0.0588. The Morgan fingerprint density at radius 1 is 1.26 bits per heavy atom. The molecule has 5 nitrogen and oxygen atoms in total. The lowest BCUT2D eigenvalue weighted by Gasteiger charge is -2.08. The molecular formula is C17H14FN3O2. The Morgan fingerprint density at radius 2 is 1.96 bits per heavy atom. The summed E-state index contributed by atoms with van der Waals surface area (Å²) in [6.07, 6.45) is 1.25. The van der Waals surface area contributed by atoms with Gasteiger partial charge in [0.05, 0.1) is 0 Å². The molecule has 0 saturated carbocycles. The number of nitriles is 1. The first kappa shape index (κ1) is 16.0. The Kier molecular flexibility index (Phi) is 4.95. The number of aromatic hydroxyl groups is 1. The van der Waals surface area contributed by atoms with Crippen molar-refractivity contribution >= 4 is 17.3 Å². The van der Waals surface area contributed by atoms with E-state index in [1.54, 1.807) is 19.1 Å². The Hall–Kier alpha value is -3.33. The van der Waals surface area contributed by atoms with Crippen molar-refractivity contribution in [1.82, 2.24) is 0 Å². The smallest absolute Gasteiger partial charge is 0.267 e. The second kappa shape index (κ2) is 7.09. The minimum Gasteiger partial charge on any atom is -0.508 e. The average molecular weight is 311 g/mol. The number of nitrogens with one attached hydrogen (secondary N) is 2. The predicted molar refractivity (Wildman–Crippen MR) is 85.2 cm³/mol. The zero-order valence-electron chi connectivity index (χ0n) is 12.3. The molecule has 6 heteroatoms. The van der Waals surface area contributed by atoms with Crippen molar-refractivity contribution in [2.75, 3.05) is 10.6 Å². The number of nitrogens with zero attached hydrogens (tertiary/aromatic N) is 1. The first-order chi connectivity index (χ1) is 11.0. The van der Waals surface area contributed by atoms with Gasteiger partial charge in [-0.05, 0) is 55.0 Å². The van der Waals surface area contributed by atoms with Gasteiger partial charge in [0.2, 0.25) is 0 Å². The lowest BCUT2D eigenvalue weighted by Crippen LogP contribution is -2.15. The van der Waals surface area contributed by atoms with Crippen LogP contribution >= 0.6 is 0 Å². The van der Waals surface area contributed by atoms with Crippen LogP contribution in [0.5, 0.6) is 5.75 Å². The van der Waals surface area contributed by atoms with Crippen LogP contribution in [-0.2, 0) is 4.79 Å². The van der Waals surface area contributed by atoms with Crippen molar-refractivity contribution in [3.63, 3.8) is 0 Å². The number of phenols is 1. The van der Waals surface area contributed by atoms with E-state index in [9.17, 15) is 14.3 Å². The van der Waals surface area contributed by atoms with Gasteiger partial charge in [-0.3, -0.25) is 4.79 Å². The summed E-state index contributed by atoms with van der Waals surface area (Å²) in [5, 5.41) is 23.8. The van der Waals surface area contributed by atoms with Crippen LogP contribution in [0.4, 0.5) is 15.8 Å². The minimum absolute atomic E-state index is 0.0922. The van der Waals surface area contributed by atoms with Crippen LogP contribution in [0.3, 0.4) is 0 Å². The van der Waals surface area contributed by atoms with E-state index in [4.69, 9.17) is 5.26 Å². The van der Waals surface area contributed by atoms with Gasteiger partial charge in [0.1, 0.15) is 23.2 Å². The summed E-state index contributed by atoms with van der Waals surface area (Å²) in [6.45, 7) is 1.72. The van der Waals surface area contributed by atoms with Gasteiger partial charge in [-0.2, -0.15) is 5.26 Å². The molecule has 0 aromatic heterocycles. The molecule has 0 spiro atoms. The zero-order valence-corrected chi connectivity index (χ0v) is 12.3. The molecule has 0 bridgehead atoms. The van der Waals surface area contributed by atoms with Crippen LogP contribution in [0, 0.1) is 24.1 Å². The molecule has 0 unspecified atom stereocenters. The minimum atomic E-state index is -0.587. The van der Waals surface area contributed by atoms with E-state index >= 15 is 0 Å². The number of carbonyl (C=O) groups excluding carboxylic acids is 1. The lowest BCUT2D eigenvalue weighted by molar-refractivity contribution is -0.112. The fourth-order valence-corrected chi connectivity index (χ4v) is 1.83. The number of benzene rings is 2. The van der Waals surface area contributed by atoms with Gasteiger partial charge in [-0.1, -0.05) is 0 Å². The van der Waals surface area contributed by atoms with Gasteiger partial charge in [0.15, 0.2) is 0 Å². The number of halogens is 1. The topological polar surface area (TPSA) is 85.2 Å². The van der Waals surface area contributed by atoms with Crippen molar-refractivity contribution in [3.05, 3.63) is 65.6 Å². The van der Waals surface area contributed by atoms with E-state index in [-0.39, 0.29) is 17.1 Å². The van der Waals surface area contributed by atoms with E-state index in [1.807, 2.05) is 0 Å². The third-order valence-electron chi connectivity index (χ3n) is 3.05. The second-order valence-corrected chi connectivity index (χ2v) is 4.77. The Balaban J connectivity index is 2.10. The van der Waals surface area contributed by atoms with Crippen LogP contribution in [0.15, 0.2) is 54.2 Å². The first-order valence-corrected chi connectivity index (χ1v) is 6.73. The first-order valence-electron chi connectivity index (χ1n) is 6.73. The largest absolute Gasteiger partial charge is 0.508 e. The normalized spacial score (nSPS) is 10.7. The number of carbonyl (C=O) groups is 1. The highest BCUT2D eigenvalue weighted by Gasteiger charge is 2.11. The molecule has 0 atom stereocenters. The summed E-state index contributed by atoms with van der Waals surface area (Å²) in [5.41, 5.74) is 1.58. The Bertz CT molecular complexity index is 792. The highest BCUT2D eigenvalue weighted by molar-refractivity contribution is 6.07. The quantitative estimate of drug-likeness (QED) is 0.459. The summed E-state index contributed by atoms with van der Waals surface area (Å²) in [7, 11) is 0. The molecule has 0 radical (unpaired) electrons. The summed E-state index contributed by atoms with van der Waals surface area (Å²) in [6, 6.07) is 11.8. The molecule has 0 aliphatic carbocycles. The third-order valence-corrected chi connectivity index (χ3v) is 3.05. The van der Waals surface area contributed by atoms with E-state index in [1.165, 1.54) is 42.6 Å². The Morgan fingerprint density at radius 3 is 2.57 bits per heavy atom. The van der Waals surface area contributed by atoms with Gasteiger partial charge in [-0.25, -0.2) is 4.39 Å². The molecule has 1 amide bonds. The van der Waals surface area contributed by atoms with Gasteiger partial charge in [-0.15, -0.1) is 0 Å². The zero-order chi connectivity index (χ0) is 16.8. The number of phenolic OH excluding ortho intramolecular Hbond substituents is 1. The SMILES string of the molecule is Cc1cc(O)ccc1NC(=O)/C(C#N)=C\Nc1ccc(F)cc1. The monoisotopic (exact) mass is 311 g/mol. The van der Waals surface area contributed by atoms with E-state index in [0.29, 0.717) is 16.9 Å². The van der Waals surface area contributed by atoms with Crippen LogP contribution in [-0.4, -0.2) is 11.0 Å². The van der Waals surface area contributed by atoms with E-state index in [2.05, 4.69) is 10.6 Å². The molecule has 0 aliphatic heterocycles. The molecule has 23 heavy (non-hydrogen) atoms. The number of rotatable bonds is 4. The number of aryl methyl sites for hydroxylation is 1. The molecular weight excluding hydrogens is 297 g/mol. The van der Waals surface area contributed by atoms with Gasteiger partial charge < -0.3 is 15.7 Å². The van der Waals surface area contributed by atoms with Gasteiger partial charge >= 0.3 is 0 Å². The highest BCUT2D eigenvalue weighted by Crippen LogP contribution is 2.20. The second-order valence-electron chi connectivity index (χ2n) is 4.77. The van der Waals surface area contributed by atoms with Crippen LogP contribution < -0.4 is 10.6 Å². The molecule has 2 aromatic rings. The van der Waals surface area contributed by atoms with Crippen molar-refractivity contribution in [3.8, 4) is 11.8 Å². The van der Waals surface area contributed by atoms with Gasteiger partial charge in [0, 0.05) is 17.6 Å². The number of anilines is 2. The van der Waals surface area contributed by atoms with Crippen molar-refractivity contribution in [1.29, 1.82) is 5.26 Å². The van der Waals surface area contributed by atoms with Gasteiger partial charge in [0.25, 0.3) is 5.91 Å². The van der Waals surface area contributed by atoms with Crippen molar-refractivity contribution in [2.24, 2.45) is 0 Å². The molecule has 116 valence electrons.